The average molecular weight is 466 g/mol. The zero-order chi connectivity index (χ0) is 19.8. The topological polar surface area (TPSA) is 94.0 Å². The Morgan fingerprint density at radius 2 is 1.63 bits per heavy atom. The lowest BCUT2D eigenvalue weighted by molar-refractivity contribution is 0.0976. The average Bonchev–Trinajstić information content (AvgIpc) is 3.06. The first-order chi connectivity index (χ1) is 12.7. The smallest absolute Gasteiger partial charge is 0.266 e. The van der Waals surface area contributed by atoms with Gasteiger partial charge in [0.2, 0.25) is 0 Å². The predicted molar refractivity (Wildman–Crippen MR) is 102 cm³/mol. The van der Waals surface area contributed by atoms with Crippen LogP contribution in [0.2, 0.25) is 20.1 Å². The van der Waals surface area contributed by atoms with Crippen LogP contribution in [0, 0.1) is 0 Å². The highest BCUT2D eigenvalue weighted by molar-refractivity contribution is 7.90. The molecular weight excluding hydrogens is 458 g/mol. The fourth-order valence-electron chi connectivity index (χ4n) is 2.07. The summed E-state index contributed by atoms with van der Waals surface area (Å²) < 4.78 is 27.9. The van der Waals surface area contributed by atoms with Crippen LogP contribution in [0.4, 0.5) is 0 Å². The van der Waals surface area contributed by atoms with Gasteiger partial charge in [0, 0.05) is 10.0 Å². The van der Waals surface area contributed by atoms with Crippen molar-refractivity contribution in [2.24, 2.45) is 0 Å². The van der Waals surface area contributed by atoms with Crippen LogP contribution in [0.5, 0.6) is 0 Å². The van der Waals surface area contributed by atoms with Crippen LogP contribution >= 0.6 is 46.4 Å². The van der Waals surface area contributed by atoms with Gasteiger partial charge in [0.15, 0.2) is 5.69 Å². The Hall–Kier alpha value is -1.84. The van der Waals surface area contributed by atoms with Crippen LogP contribution in [0.15, 0.2) is 47.5 Å². The fourth-order valence-corrected chi connectivity index (χ4v) is 4.28. The van der Waals surface area contributed by atoms with Gasteiger partial charge in [0.05, 0.1) is 21.9 Å². The summed E-state index contributed by atoms with van der Waals surface area (Å²) in [4.78, 5) is 11.9. The van der Waals surface area contributed by atoms with Crippen LogP contribution in [0.1, 0.15) is 10.5 Å². The summed E-state index contributed by atoms with van der Waals surface area (Å²) in [6.07, 6.45) is 1.22. The number of sulfonamides is 1. The van der Waals surface area contributed by atoms with E-state index in [1.165, 1.54) is 29.1 Å². The number of halogens is 4. The summed E-state index contributed by atoms with van der Waals surface area (Å²) >= 11 is 23.6. The highest BCUT2D eigenvalue weighted by Gasteiger charge is 2.24. The zero-order valence-electron chi connectivity index (χ0n) is 13.0. The van der Waals surface area contributed by atoms with E-state index in [-0.39, 0.29) is 25.7 Å². The van der Waals surface area contributed by atoms with Gasteiger partial charge in [0.25, 0.3) is 15.9 Å². The van der Waals surface area contributed by atoms with Gasteiger partial charge in [-0.2, -0.15) is 0 Å². The monoisotopic (exact) mass is 464 g/mol. The van der Waals surface area contributed by atoms with Gasteiger partial charge in [-0.25, -0.2) is 17.8 Å². The number of nitrogens with zero attached hydrogens (tertiary/aromatic N) is 3. The van der Waals surface area contributed by atoms with Crippen molar-refractivity contribution >= 4 is 62.3 Å². The van der Waals surface area contributed by atoms with Crippen molar-refractivity contribution in [1.29, 1.82) is 0 Å². The Labute approximate surface area is 173 Å². The Bertz CT molecular complexity index is 1150. The first-order valence-corrected chi connectivity index (χ1v) is 10.1. The second-order valence-electron chi connectivity index (χ2n) is 5.15. The van der Waals surface area contributed by atoms with Crippen molar-refractivity contribution in [2.75, 3.05) is 0 Å². The summed E-state index contributed by atoms with van der Waals surface area (Å²) in [6.45, 7) is 0. The number of hydrogen-bond donors (Lipinski definition) is 1. The molecule has 0 fully saturated rings. The summed E-state index contributed by atoms with van der Waals surface area (Å²) in [5.41, 5.74) is 0.163. The molecule has 0 radical (unpaired) electrons. The van der Waals surface area contributed by atoms with Crippen molar-refractivity contribution in [3.8, 4) is 5.69 Å². The minimum Gasteiger partial charge on any atom is -0.266 e. The van der Waals surface area contributed by atoms with Gasteiger partial charge in [-0.05, 0) is 36.4 Å². The first kappa shape index (κ1) is 19.9. The minimum atomic E-state index is -4.27. The van der Waals surface area contributed by atoms with E-state index in [2.05, 4.69) is 10.3 Å². The predicted octanol–water partition coefficient (Wildman–Crippen LogP) is 4.00. The van der Waals surface area contributed by atoms with E-state index in [0.717, 1.165) is 6.07 Å². The second kappa shape index (κ2) is 7.65. The third-order valence-corrected chi connectivity index (χ3v) is 5.88. The molecule has 1 aromatic heterocycles. The lowest BCUT2D eigenvalue weighted by Gasteiger charge is -2.07. The summed E-state index contributed by atoms with van der Waals surface area (Å²) in [5.74, 6) is -0.998. The molecule has 0 unspecified atom stereocenters. The number of hydrogen-bond acceptors (Lipinski definition) is 5. The standard InChI is InChI=1S/C15H8Cl4N4O3S/c16-8-2-4-13(11(19)5-8)23-7-12(20-22-23)15(24)21-27(25,26)14-6-9(17)1-3-10(14)18/h1-7H,(H,21,24). The maximum absolute atomic E-state index is 12.4. The zero-order valence-corrected chi connectivity index (χ0v) is 16.9. The number of nitrogens with one attached hydrogen (secondary N) is 1. The van der Waals surface area contributed by atoms with Crippen molar-refractivity contribution in [2.45, 2.75) is 4.90 Å². The summed E-state index contributed by atoms with van der Waals surface area (Å²) in [7, 11) is -4.27. The molecule has 27 heavy (non-hydrogen) atoms. The van der Waals surface area contributed by atoms with Crippen LogP contribution < -0.4 is 4.72 Å². The maximum atomic E-state index is 12.4. The lowest BCUT2D eigenvalue weighted by atomic mass is 10.3. The van der Waals surface area contributed by atoms with Gasteiger partial charge in [-0.15, -0.1) is 5.10 Å². The molecule has 1 N–H and O–H groups in total. The Morgan fingerprint density at radius 1 is 0.963 bits per heavy atom. The molecule has 2 aromatic carbocycles. The molecule has 1 heterocycles. The van der Waals surface area contributed by atoms with Gasteiger partial charge in [-0.3, -0.25) is 4.79 Å². The number of amides is 1. The van der Waals surface area contributed by atoms with Crippen LogP contribution in [-0.2, 0) is 10.0 Å². The van der Waals surface area contributed by atoms with E-state index in [4.69, 9.17) is 46.4 Å². The molecule has 12 heteroatoms. The number of carbonyl (C=O) groups excluding carboxylic acids is 1. The van der Waals surface area contributed by atoms with Crippen LogP contribution in [0.3, 0.4) is 0 Å². The molecule has 3 aromatic rings. The normalized spacial score (nSPS) is 11.4. The maximum Gasteiger partial charge on any atom is 0.287 e. The van der Waals surface area contributed by atoms with Gasteiger partial charge in [0.1, 0.15) is 4.90 Å². The molecule has 1 amide bonds. The van der Waals surface area contributed by atoms with E-state index in [1.54, 1.807) is 12.1 Å². The van der Waals surface area contributed by atoms with Gasteiger partial charge >= 0.3 is 0 Å². The molecule has 0 saturated heterocycles. The summed E-state index contributed by atoms with van der Waals surface area (Å²) in [5, 5.41) is 8.19. The van der Waals surface area contributed by atoms with Crippen LogP contribution in [-0.4, -0.2) is 29.3 Å². The highest BCUT2D eigenvalue weighted by Crippen LogP contribution is 2.25. The fraction of sp³-hybridized carbons (Fsp3) is 0. The molecule has 0 saturated carbocycles. The van der Waals surface area contributed by atoms with E-state index in [9.17, 15) is 13.2 Å². The molecule has 0 atom stereocenters. The number of rotatable bonds is 4. The number of benzene rings is 2. The molecule has 7 nitrogen and oxygen atoms in total. The Morgan fingerprint density at radius 3 is 2.33 bits per heavy atom. The van der Waals surface area contributed by atoms with Gasteiger partial charge in [-0.1, -0.05) is 51.6 Å². The molecule has 0 aliphatic rings. The van der Waals surface area contributed by atoms with E-state index in [1.807, 2.05) is 4.72 Å². The van der Waals surface area contributed by atoms with E-state index in [0.29, 0.717) is 10.7 Å². The Kier molecular flexibility index (Phi) is 5.64. The molecule has 0 aliphatic carbocycles. The van der Waals surface area contributed by atoms with Crippen molar-refractivity contribution in [3.63, 3.8) is 0 Å². The molecule has 140 valence electrons. The van der Waals surface area contributed by atoms with Crippen molar-refractivity contribution < 1.29 is 13.2 Å². The first-order valence-electron chi connectivity index (χ1n) is 7.07. The van der Waals surface area contributed by atoms with E-state index < -0.39 is 15.9 Å². The third kappa shape index (κ3) is 4.36. The molecule has 0 spiro atoms. The number of aromatic nitrogens is 3. The highest BCUT2D eigenvalue weighted by atomic mass is 35.5. The summed E-state index contributed by atoms with van der Waals surface area (Å²) in [6, 6.07) is 8.50. The quantitative estimate of drug-likeness (QED) is 0.628. The van der Waals surface area contributed by atoms with Crippen molar-refractivity contribution in [3.05, 3.63) is 68.4 Å². The largest absolute Gasteiger partial charge is 0.287 e. The Balaban J connectivity index is 1.87. The molecule has 3 rings (SSSR count). The molecular formula is C15H8Cl4N4O3S. The van der Waals surface area contributed by atoms with Crippen LogP contribution in [0.25, 0.3) is 5.69 Å². The molecule has 0 bridgehead atoms. The molecule has 0 aliphatic heterocycles. The number of carbonyl (C=O) groups is 1. The van der Waals surface area contributed by atoms with Gasteiger partial charge < -0.3 is 0 Å². The SMILES string of the molecule is O=C(NS(=O)(=O)c1cc(Cl)ccc1Cl)c1cn(-c2ccc(Cl)cc2Cl)nn1. The minimum absolute atomic E-state index is 0.0868. The lowest BCUT2D eigenvalue weighted by Crippen LogP contribution is -2.31. The van der Waals surface area contributed by atoms with E-state index >= 15 is 0 Å². The second-order valence-corrected chi connectivity index (χ2v) is 8.49. The van der Waals surface area contributed by atoms with Crippen molar-refractivity contribution in [1.82, 2.24) is 19.7 Å². The third-order valence-electron chi connectivity index (χ3n) is 3.29.